The molecule has 2 rings (SSSR count). The monoisotopic (exact) mass is 246 g/mol. The Bertz CT molecular complexity index is 438. The number of carbonyl (C=O) groups is 1. The third kappa shape index (κ3) is 3.57. The molecule has 0 heterocycles. The predicted octanol–water partition coefficient (Wildman–Crippen LogP) is 2.01. The van der Waals surface area contributed by atoms with E-state index < -0.39 is 0 Å². The highest BCUT2D eigenvalue weighted by Crippen LogP contribution is 2.18. The lowest BCUT2D eigenvalue weighted by molar-refractivity contribution is -0.129. The van der Waals surface area contributed by atoms with E-state index in [0.717, 1.165) is 0 Å². The van der Waals surface area contributed by atoms with Crippen molar-refractivity contribution in [3.8, 4) is 0 Å². The van der Waals surface area contributed by atoms with Crippen molar-refractivity contribution in [1.29, 1.82) is 0 Å². The Kier molecular flexibility index (Phi) is 4.02. The zero-order chi connectivity index (χ0) is 13.1. The lowest BCUT2D eigenvalue weighted by atomic mass is 10.1. The molecule has 0 radical (unpaired) electrons. The van der Waals surface area contributed by atoms with Gasteiger partial charge in [0.05, 0.1) is 6.54 Å². The Morgan fingerprint density at radius 1 is 1.39 bits per heavy atom. The molecule has 0 aromatic heterocycles. The summed E-state index contributed by atoms with van der Waals surface area (Å²) in [5, 5.41) is 3.26. The summed E-state index contributed by atoms with van der Waals surface area (Å²) >= 11 is 0. The van der Waals surface area contributed by atoms with Crippen molar-refractivity contribution in [3.05, 3.63) is 34.9 Å². The third-order valence-corrected chi connectivity index (χ3v) is 3.46. The van der Waals surface area contributed by atoms with Gasteiger partial charge in [-0.25, -0.2) is 0 Å². The maximum absolute atomic E-state index is 11.9. The molecule has 1 N–H and O–H groups in total. The molecule has 1 aromatic rings. The Morgan fingerprint density at radius 2 is 2.11 bits per heavy atom. The summed E-state index contributed by atoms with van der Waals surface area (Å²) in [5.41, 5.74) is 3.72. The molecule has 0 saturated heterocycles. The van der Waals surface area contributed by atoms with Crippen LogP contribution in [0.5, 0.6) is 0 Å². The van der Waals surface area contributed by atoms with Crippen molar-refractivity contribution in [2.75, 3.05) is 13.6 Å². The van der Waals surface area contributed by atoms with Crippen LogP contribution in [-0.2, 0) is 11.3 Å². The summed E-state index contributed by atoms with van der Waals surface area (Å²) < 4.78 is 0. The molecular weight excluding hydrogens is 224 g/mol. The van der Waals surface area contributed by atoms with Crippen LogP contribution < -0.4 is 5.32 Å². The first-order valence-corrected chi connectivity index (χ1v) is 6.60. The van der Waals surface area contributed by atoms with Crippen LogP contribution in [0.4, 0.5) is 0 Å². The van der Waals surface area contributed by atoms with Crippen molar-refractivity contribution < 1.29 is 4.79 Å². The quantitative estimate of drug-likeness (QED) is 0.862. The van der Waals surface area contributed by atoms with Crippen LogP contribution in [0.25, 0.3) is 0 Å². The summed E-state index contributed by atoms with van der Waals surface area (Å²) in [6.45, 7) is 5.33. The van der Waals surface area contributed by atoms with Gasteiger partial charge in [-0.2, -0.15) is 0 Å². The van der Waals surface area contributed by atoms with Gasteiger partial charge in [0.2, 0.25) is 5.91 Å². The molecule has 1 aromatic carbocycles. The van der Waals surface area contributed by atoms with Gasteiger partial charge >= 0.3 is 0 Å². The number of nitrogens with zero attached hydrogens (tertiary/aromatic N) is 1. The van der Waals surface area contributed by atoms with Gasteiger partial charge in [-0.05, 0) is 37.8 Å². The largest absolute Gasteiger partial charge is 0.340 e. The maximum atomic E-state index is 11.9. The van der Waals surface area contributed by atoms with E-state index in [4.69, 9.17) is 0 Å². The number of nitrogens with one attached hydrogen (secondary N) is 1. The molecule has 0 unspecified atom stereocenters. The minimum atomic E-state index is 0.169. The molecule has 0 aliphatic heterocycles. The molecule has 1 aliphatic carbocycles. The van der Waals surface area contributed by atoms with Crippen molar-refractivity contribution in [3.63, 3.8) is 0 Å². The van der Waals surface area contributed by atoms with Gasteiger partial charge in [0.1, 0.15) is 0 Å². The van der Waals surface area contributed by atoms with E-state index in [1.54, 1.807) is 4.90 Å². The average molecular weight is 246 g/mol. The molecular formula is C15H22N2O. The smallest absolute Gasteiger partial charge is 0.236 e. The zero-order valence-corrected chi connectivity index (χ0v) is 11.5. The highest BCUT2D eigenvalue weighted by molar-refractivity contribution is 5.78. The van der Waals surface area contributed by atoms with Crippen LogP contribution in [0.1, 0.15) is 29.5 Å². The zero-order valence-electron chi connectivity index (χ0n) is 11.5. The normalized spacial score (nSPS) is 14.6. The number of carbonyl (C=O) groups excluding carboxylic acids is 1. The fourth-order valence-electron chi connectivity index (χ4n) is 1.97. The highest BCUT2D eigenvalue weighted by atomic mass is 16.2. The van der Waals surface area contributed by atoms with Crippen molar-refractivity contribution >= 4 is 5.91 Å². The molecule has 18 heavy (non-hydrogen) atoms. The molecule has 98 valence electrons. The fourth-order valence-corrected chi connectivity index (χ4v) is 1.97. The number of hydrogen-bond donors (Lipinski definition) is 1. The summed E-state index contributed by atoms with van der Waals surface area (Å²) in [7, 11) is 1.87. The van der Waals surface area contributed by atoms with Crippen LogP contribution >= 0.6 is 0 Å². The minimum Gasteiger partial charge on any atom is -0.340 e. The minimum absolute atomic E-state index is 0.169. The number of amides is 1. The van der Waals surface area contributed by atoms with Crippen molar-refractivity contribution in [2.45, 2.75) is 39.3 Å². The molecule has 1 aliphatic rings. The molecule has 1 amide bonds. The van der Waals surface area contributed by atoms with Gasteiger partial charge < -0.3 is 10.2 Å². The van der Waals surface area contributed by atoms with E-state index in [1.807, 2.05) is 7.05 Å². The molecule has 0 atom stereocenters. The van der Waals surface area contributed by atoms with Gasteiger partial charge in [-0.3, -0.25) is 4.79 Å². The first-order chi connectivity index (χ1) is 8.56. The second kappa shape index (κ2) is 5.53. The Morgan fingerprint density at radius 3 is 2.78 bits per heavy atom. The van der Waals surface area contributed by atoms with Crippen LogP contribution in [0, 0.1) is 13.8 Å². The predicted molar refractivity (Wildman–Crippen MR) is 73.4 cm³/mol. The molecule has 3 nitrogen and oxygen atoms in total. The Labute approximate surface area is 109 Å². The summed E-state index contributed by atoms with van der Waals surface area (Å²) in [4.78, 5) is 13.7. The first-order valence-electron chi connectivity index (χ1n) is 6.60. The van der Waals surface area contributed by atoms with Crippen LogP contribution in [0.15, 0.2) is 18.2 Å². The van der Waals surface area contributed by atoms with Gasteiger partial charge in [-0.1, -0.05) is 23.8 Å². The van der Waals surface area contributed by atoms with E-state index in [9.17, 15) is 4.79 Å². The fraction of sp³-hybridized carbons (Fsp3) is 0.533. The summed E-state index contributed by atoms with van der Waals surface area (Å²) in [6.07, 6.45) is 2.43. The average Bonchev–Trinajstić information content (AvgIpc) is 3.14. The third-order valence-electron chi connectivity index (χ3n) is 3.46. The van der Waals surface area contributed by atoms with Crippen LogP contribution in [0.3, 0.4) is 0 Å². The second-order valence-electron chi connectivity index (χ2n) is 5.33. The standard InChI is InChI=1S/C15H22N2O/c1-11-4-5-12(2)13(8-11)10-17(3)15(18)9-16-14-6-7-14/h4-5,8,14,16H,6-7,9-10H2,1-3H3. The van der Waals surface area contributed by atoms with Crippen molar-refractivity contribution in [1.82, 2.24) is 10.2 Å². The van der Waals surface area contributed by atoms with Gasteiger partial charge in [0.25, 0.3) is 0 Å². The number of benzene rings is 1. The second-order valence-corrected chi connectivity index (χ2v) is 5.33. The number of likely N-dealkylation sites (N-methyl/N-ethyl adjacent to an activating group) is 1. The lowest BCUT2D eigenvalue weighted by Gasteiger charge is -2.19. The van der Waals surface area contributed by atoms with Crippen LogP contribution in [-0.4, -0.2) is 30.4 Å². The van der Waals surface area contributed by atoms with E-state index in [-0.39, 0.29) is 5.91 Å². The van der Waals surface area contributed by atoms with E-state index in [1.165, 1.54) is 29.5 Å². The highest BCUT2D eigenvalue weighted by Gasteiger charge is 2.22. The number of aryl methyl sites for hydroxylation is 2. The first kappa shape index (κ1) is 13.1. The maximum Gasteiger partial charge on any atom is 0.236 e. The van der Waals surface area contributed by atoms with Gasteiger partial charge in [-0.15, -0.1) is 0 Å². The summed E-state index contributed by atoms with van der Waals surface area (Å²) in [5.74, 6) is 0.169. The molecule has 0 bridgehead atoms. The topological polar surface area (TPSA) is 32.3 Å². The SMILES string of the molecule is Cc1ccc(C)c(CN(C)C(=O)CNC2CC2)c1. The van der Waals surface area contributed by atoms with E-state index in [0.29, 0.717) is 19.1 Å². The van der Waals surface area contributed by atoms with Crippen molar-refractivity contribution in [2.24, 2.45) is 0 Å². The summed E-state index contributed by atoms with van der Waals surface area (Å²) in [6, 6.07) is 6.97. The lowest BCUT2D eigenvalue weighted by Crippen LogP contribution is -2.36. The van der Waals surface area contributed by atoms with E-state index >= 15 is 0 Å². The molecule has 1 fully saturated rings. The van der Waals surface area contributed by atoms with Crippen LogP contribution in [0.2, 0.25) is 0 Å². The number of hydrogen-bond acceptors (Lipinski definition) is 2. The molecule has 0 spiro atoms. The Hall–Kier alpha value is -1.35. The van der Waals surface area contributed by atoms with E-state index in [2.05, 4.69) is 37.4 Å². The molecule has 1 saturated carbocycles. The van der Waals surface area contributed by atoms with Gasteiger partial charge in [0.15, 0.2) is 0 Å². The van der Waals surface area contributed by atoms with Gasteiger partial charge in [0, 0.05) is 19.6 Å². The number of rotatable bonds is 5. The Balaban J connectivity index is 1.90. The molecule has 3 heteroatoms.